The van der Waals surface area contributed by atoms with Gasteiger partial charge in [-0.15, -0.1) is 11.3 Å². The van der Waals surface area contributed by atoms with Crippen LogP contribution in [0.2, 0.25) is 0 Å². The van der Waals surface area contributed by atoms with Crippen LogP contribution in [0.15, 0.2) is 78.9 Å². The van der Waals surface area contributed by atoms with Gasteiger partial charge in [0, 0.05) is 16.9 Å². The molecule has 0 radical (unpaired) electrons. The number of aryl methyl sites for hydroxylation is 1. The molecule has 2 aromatic heterocycles. The summed E-state index contributed by atoms with van der Waals surface area (Å²) in [5.41, 5.74) is 6.34. The van der Waals surface area contributed by atoms with E-state index in [-0.39, 0.29) is 5.82 Å². The number of ether oxygens (including phenoxy) is 1. The summed E-state index contributed by atoms with van der Waals surface area (Å²) >= 11 is 1.50. The van der Waals surface area contributed by atoms with Crippen molar-refractivity contribution in [2.24, 2.45) is 0 Å². The third kappa shape index (κ3) is 3.27. The molecule has 2 heterocycles. The van der Waals surface area contributed by atoms with Gasteiger partial charge in [-0.2, -0.15) is 0 Å². The summed E-state index contributed by atoms with van der Waals surface area (Å²) in [6.07, 6.45) is 0. The molecule has 0 saturated carbocycles. The van der Waals surface area contributed by atoms with E-state index < -0.39 is 0 Å². The van der Waals surface area contributed by atoms with E-state index >= 15 is 0 Å². The monoisotopic (exact) mass is 414 g/mol. The van der Waals surface area contributed by atoms with Gasteiger partial charge in [-0.3, -0.25) is 0 Å². The van der Waals surface area contributed by atoms with Crippen molar-refractivity contribution in [3.05, 3.63) is 90.4 Å². The predicted molar refractivity (Wildman–Crippen MR) is 121 cm³/mol. The molecule has 3 aromatic carbocycles. The second-order valence-corrected chi connectivity index (χ2v) is 8.13. The SMILES string of the molecule is COc1ccc(-c2ccc(C)n2-c2ccc(-c3nc4ccc(F)cc4s3)cc2)cc1. The normalized spacial score (nSPS) is 11.2. The summed E-state index contributed by atoms with van der Waals surface area (Å²) in [6.45, 7) is 2.10. The van der Waals surface area contributed by atoms with Crippen molar-refractivity contribution in [3.63, 3.8) is 0 Å². The number of nitrogens with zero attached hydrogens (tertiary/aromatic N) is 2. The highest BCUT2D eigenvalue weighted by atomic mass is 32.1. The van der Waals surface area contributed by atoms with Gasteiger partial charge < -0.3 is 9.30 Å². The Balaban J connectivity index is 1.51. The number of aromatic nitrogens is 2. The molecular formula is C25H19FN2OS. The lowest BCUT2D eigenvalue weighted by molar-refractivity contribution is 0.415. The number of thiazole rings is 1. The number of hydrogen-bond acceptors (Lipinski definition) is 3. The molecule has 0 aliphatic rings. The van der Waals surface area contributed by atoms with E-state index in [4.69, 9.17) is 4.74 Å². The van der Waals surface area contributed by atoms with E-state index in [1.165, 1.54) is 23.5 Å². The van der Waals surface area contributed by atoms with Crippen LogP contribution >= 0.6 is 11.3 Å². The van der Waals surface area contributed by atoms with Gasteiger partial charge in [0.2, 0.25) is 0 Å². The Bertz CT molecular complexity index is 1330. The Kier molecular flexibility index (Phi) is 4.60. The topological polar surface area (TPSA) is 27.1 Å². The number of fused-ring (bicyclic) bond motifs is 1. The molecule has 0 saturated heterocycles. The van der Waals surface area contributed by atoms with Gasteiger partial charge in [-0.05, 0) is 91.3 Å². The molecular weight excluding hydrogens is 395 g/mol. The zero-order valence-corrected chi connectivity index (χ0v) is 17.4. The maximum atomic E-state index is 13.5. The fourth-order valence-electron chi connectivity index (χ4n) is 3.64. The molecule has 5 rings (SSSR count). The Labute approximate surface area is 178 Å². The van der Waals surface area contributed by atoms with Crippen LogP contribution in [0.1, 0.15) is 5.69 Å². The summed E-state index contributed by atoms with van der Waals surface area (Å²) < 4.78 is 21.9. The average molecular weight is 415 g/mol. The smallest absolute Gasteiger partial charge is 0.124 e. The Morgan fingerprint density at radius 1 is 0.867 bits per heavy atom. The third-order valence-electron chi connectivity index (χ3n) is 5.18. The molecule has 0 N–H and O–H groups in total. The molecule has 30 heavy (non-hydrogen) atoms. The molecule has 5 heteroatoms. The van der Waals surface area contributed by atoms with Crippen LogP contribution in [0.5, 0.6) is 5.75 Å². The van der Waals surface area contributed by atoms with Crippen LogP contribution in [0.3, 0.4) is 0 Å². The predicted octanol–water partition coefficient (Wildman–Crippen LogP) is 6.88. The first-order chi connectivity index (χ1) is 14.6. The van der Waals surface area contributed by atoms with E-state index in [0.29, 0.717) is 0 Å². The van der Waals surface area contributed by atoms with Gasteiger partial charge in [0.15, 0.2) is 0 Å². The number of halogens is 1. The number of benzene rings is 3. The fourth-order valence-corrected chi connectivity index (χ4v) is 4.64. The van der Waals surface area contributed by atoms with Gasteiger partial charge in [0.05, 0.1) is 23.0 Å². The minimum absolute atomic E-state index is 0.234. The maximum Gasteiger partial charge on any atom is 0.124 e. The lowest BCUT2D eigenvalue weighted by atomic mass is 10.1. The number of rotatable bonds is 4. The average Bonchev–Trinajstić information content (AvgIpc) is 3.37. The second kappa shape index (κ2) is 7.43. The van der Waals surface area contributed by atoms with Gasteiger partial charge in [0.25, 0.3) is 0 Å². The van der Waals surface area contributed by atoms with E-state index in [1.807, 2.05) is 12.1 Å². The molecule has 0 atom stereocenters. The first kappa shape index (κ1) is 18.6. The zero-order valence-electron chi connectivity index (χ0n) is 16.6. The molecule has 0 spiro atoms. The minimum Gasteiger partial charge on any atom is -0.497 e. The van der Waals surface area contributed by atoms with Crippen LogP contribution < -0.4 is 4.74 Å². The zero-order chi connectivity index (χ0) is 20.7. The van der Waals surface area contributed by atoms with Gasteiger partial charge in [0.1, 0.15) is 16.6 Å². The molecule has 0 amide bonds. The van der Waals surface area contributed by atoms with Crippen molar-refractivity contribution in [3.8, 4) is 33.3 Å². The highest BCUT2D eigenvalue weighted by molar-refractivity contribution is 7.21. The van der Waals surface area contributed by atoms with Crippen molar-refractivity contribution in [1.29, 1.82) is 0 Å². The first-order valence-corrected chi connectivity index (χ1v) is 10.4. The second-order valence-electron chi connectivity index (χ2n) is 7.10. The van der Waals surface area contributed by atoms with Gasteiger partial charge in [-0.25, -0.2) is 9.37 Å². The summed E-state index contributed by atoms with van der Waals surface area (Å²) in [4.78, 5) is 4.65. The number of hydrogen-bond donors (Lipinski definition) is 0. The van der Waals surface area contributed by atoms with Gasteiger partial charge in [-0.1, -0.05) is 0 Å². The highest BCUT2D eigenvalue weighted by Crippen LogP contribution is 2.32. The van der Waals surface area contributed by atoms with Crippen LogP contribution in [-0.4, -0.2) is 16.7 Å². The van der Waals surface area contributed by atoms with E-state index in [2.05, 4.69) is 65.0 Å². The van der Waals surface area contributed by atoms with E-state index in [1.54, 1.807) is 13.2 Å². The van der Waals surface area contributed by atoms with Gasteiger partial charge >= 0.3 is 0 Å². The van der Waals surface area contributed by atoms with Crippen molar-refractivity contribution < 1.29 is 9.13 Å². The largest absolute Gasteiger partial charge is 0.497 e. The minimum atomic E-state index is -0.234. The van der Waals surface area contributed by atoms with Crippen molar-refractivity contribution in [2.75, 3.05) is 7.11 Å². The fraction of sp³-hybridized carbons (Fsp3) is 0.0800. The molecule has 5 aromatic rings. The Hall–Kier alpha value is -3.44. The molecule has 0 aliphatic heterocycles. The highest BCUT2D eigenvalue weighted by Gasteiger charge is 2.11. The molecule has 0 fully saturated rings. The first-order valence-electron chi connectivity index (χ1n) is 9.62. The quantitative estimate of drug-likeness (QED) is 0.321. The number of methoxy groups -OCH3 is 1. The molecule has 0 bridgehead atoms. The molecule has 0 unspecified atom stereocenters. The lowest BCUT2D eigenvalue weighted by Crippen LogP contribution is -1.99. The summed E-state index contributed by atoms with van der Waals surface area (Å²) in [5, 5.41) is 0.891. The maximum absolute atomic E-state index is 13.5. The molecule has 3 nitrogen and oxygen atoms in total. The van der Waals surface area contributed by atoms with Crippen LogP contribution in [0, 0.1) is 12.7 Å². The van der Waals surface area contributed by atoms with Crippen LogP contribution in [-0.2, 0) is 0 Å². The molecule has 148 valence electrons. The lowest BCUT2D eigenvalue weighted by Gasteiger charge is -2.13. The van der Waals surface area contributed by atoms with Crippen molar-refractivity contribution in [2.45, 2.75) is 6.92 Å². The van der Waals surface area contributed by atoms with Crippen LogP contribution in [0.4, 0.5) is 4.39 Å². The summed E-state index contributed by atoms with van der Waals surface area (Å²) in [6, 6.07) is 25.4. The molecule has 0 aliphatic carbocycles. The third-order valence-corrected chi connectivity index (χ3v) is 6.25. The van der Waals surface area contributed by atoms with E-state index in [9.17, 15) is 4.39 Å². The standard InChI is InChI=1S/C25H19FN2OS/c1-16-3-14-23(17-6-11-21(29-2)12-7-17)28(16)20-9-4-18(5-10-20)25-27-22-13-8-19(26)15-24(22)30-25/h3-15H,1-2H3. The van der Waals surface area contributed by atoms with E-state index in [0.717, 1.165) is 49.2 Å². The van der Waals surface area contributed by atoms with Crippen LogP contribution in [0.25, 0.3) is 37.7 Å². The summed E-state index contributed by atoms with van der Waals surface area (Å²) in [5.74, 6) is 0.607. The Morgan fingerprint density at radius 2 is 1.60 bits per heavy atom. The van der Waals surface area contributed by atoms with Crippen molar-refractivity contribution >= 4 is 21.6 Å². The summed E-state index contributed by atoms with van der Waals surface area (Å²) in [7, 11) is 1.67. The Morgan fingerprint density at radius 3 is 2.33 bits per heavy atom. The van der Waals surface area contributed by atoms with Crippen molar-refractivity contribution in [1.82, 2.24) is 9.55 Å².